The summed E-state index contributed by atoms with van der Waals surface area (Å²) in [7, 11) is 0. The molecule has 0 spiro atoms. The number of amides is 1. The minimum Gasteiger partial charge on any atom is -0.469 e. The SMILES string of the molecule is Cc1cc(C(=O)NC2CCCC2Br)co1. The number of carbonyl (C=O) groups excluding carboxylic acids is 1. The number of halogens is 1. The van der Waals surface area contributed by atoms with Gasteiger partial charge in [-0.25, -0.2) is 0 Å². The lowest BCUT2D eigenvalue weighted by Gasteiger charge is -2.15. The first-order chi connectivity index (χ1) is 7.16. The summed E-state index contributed by atoms with van der Waals surface area (Å²) in [5, 5.41) is 3.01. The Morgan fingerprint density at radius 1 is 1.60 bits per heavy atom. The Morgan fingerprint density at radius 2 is 2.40 bits per heavy atom. The lowest BCUT2D eigenvalue weighted by Crippen LogP contribution is -2.37. The molecule has 1 amide bonds. The van der Waals surface area contributed by atoms with Crippen molar-refractivity contribution >= 4 is 21.8 Å². The van der Waals surface area contributed by atoms with Crippen LogP contribution in [0.4, 0.5) is 0 Å². The van der Waals surface area contributed by atoms with Crippen LogP contribution in [0.25, 0.3) is 0 Å². The number of aryl methyl sites for hydroxylation is 1. The van der Waals surface area contributed by atoms with E-state index in [1.54, 1.807) is 6.07 Å². The fraction of sp³-hybridized carbons (Fsp3) is 0.545. The summed E-state index contributed by atoms with van der Waals surface area (Å²) in [4.78, 5) is 12.2. The van der Waals surface area contributed by atoms with E-state index in [1.807, 2.05) is 6.92 Å². The van der Waals surface area contributed by atoms with Gasteiger partial charge in [0.15, 0.2) is 0 Å². The average molecular weight is 272 g/mol. The van der Waals surface area contributed by atoms with Crippen molar-refractivity contribution in [2.45, 2.75) is 37.1 Å². The van der Waals surface area contributed by atoms with Gasteiger partial charge in [0.05, 0.1) is 5.56 Å². The molecule has 0 aromatic carbocycles. The highest BCUT2D eigenvalue weighted by Crippen LogP contribution is 2.25. The highest BCUT2D eigenvalue weighted by Gasteiger charge is 2.26. The van der Waals surface area contributed by atoms with Crippen LogP contribution in [0.2, 0.25) is 0 Å². The van der Waals surface area contributed by atoms with Gasteiger partial charge in [-0.15, -0.1) is 0 Å². The van der Waals surface area contributed by atoms with Crippen molar-refractivity contribution in [2.75, 3.05) is 0 Å². The number of hydrogen-bond donors (Lipinski definition) is 1. The smallest absolute Gasteiger partial charge is 0.254 e. The number of hydrogen-bond acceptors (Lipinski definition) is 2. The van der Waals surface area contributed by atoms with Crippen LogP contribution in [0.15, 0.2) is 16.7 Å². The fourth-order valence-corrected chi connectivity index (χ4v) is 2.61. The monoisotopic (exact) mass is 271 g/mol. The van der Waals surface area contributed by atoms with Crippen LogP contribution in [-0.2, 0) is 0 Å². The molecule has 3 nitrogen and oxygen atoms in total. The summed E-state index contributed by atoms with van der Waals surface area (Å²) in [6.45, 7) is 1.83. The number of carbonyl (C=O) groups is 1. The Balaban J connectivity index is 1.97. The van der Waals surface area contributed by atoms with Crippen molar-refractivity contribution in [3.05, 3.63) is 23.7 Å². The predicted octanol–water partition coefficient (Wildman–Crippen LogP) is 2.63. The van der Waals surface area contributed by atoms with Gasteiger partial charge in [0.1, 0.15) is 12.0 Å². The first-order valence-electron chi connectivity index (χ1n) is 5.17. The standard InChI is InChI=1S/C11H14BrNO2/c1-7-5-8(6-15-7)11(14)13-10-4-2-3-9(10)12/h5-6,9-10H,2-4H2,1H3,(H,13,14). The molecular formula is C11H14BrNO2. The molecular weight excluding hydrogens is 258 g/mol. The Kier molecular flexibility index (Phi) is 3.14. The van der Waals surface area contributed by atoms with Crippen LogP contribution in [0.5, 0.6) is 0 Å². The van der Waals surface area contributed by atoms with Gasteiger partial charge >= 0.3 is 0 Å². The van der Waals surface area contributed by atoms with Crippen molar-refractivity contribution in [1.29, 1.82) is 0 Å². The van der Waals surface area contributed by atoms with E-state index in [4.69, 9.17) is 4.42 Å². The molecule has 2 unspecified atom stereocenters. The maximum absolute atomic E-state index is 11.8. The molecule has 0 bridgehead atoms. The van der Waals surface area contributed by atoms with Gasteiger partial charge in [0.25, 0.3) is 5.91 Å². The second kappa shape index (κ2) is 4.39. The lowest BCUT2D eigenvalue weighted by molar-refractivity contribution is 0.0938. The fourth-order valence-electron chi connectivity index (χ4n) is 1.89. The van der Waals surface area contributed by atoms with Gasteiger partial charge in [-0.2, -0.15) is 0 Å². The molecule has 82 valence electrons. The molecule has 1 aliphatic rings. The van der Waals surface area contributed by atoms with Gasteiger partial charge in [0.2, 0.25) is 0 Å². The van der Waals surface area contributed by atoms with Crippen molar-refractivity contribution in [1.82, 2.24) is 5.32 Å². The quantitative estimate of drug-likeness (QED) is 0.841. The zero-order chi connectivity index (χ0) is 10.8. The van der Waals surface area contributed by atoms with Crippen LogP contribution < -0.4 is 5.32 Å². The molecule has 2 rings (SSSR count). The molecule has 1 aliphatic carbocycles. The van der Waals surface area contributed by atoms with E-state index >= 15 is 0 Å². The summed E-state index contributed by atoms with van der Waals surface area (Å²) in [5.74, 6) is 0.727. The summed E-state index contributed by atoms with van der Waals surface area (Å²) in [5.41, 5.74) is 0.610. The van der Waals surface area contributed by atoms with E-state index in [0.717, 1.165) is 18.6 Å². The van der Waals surface area contributed by atoms with E-state index in [9.17, 15) is 4.79 Å². The third kappa shape index (κ3) is 2.43. The Morgan fingerprint density at radius 3 is 2.93 bits per heavy atom. The summed E-state index contributed by atoms with van der Waals surface area (Å²) in [6.07, 6.45) is 4.86. The van der Waals surface area contributed by atoms with E-state index in [2.05, 4.69) is 21.2 Å². The summed E-state index contributed by atoms with van der Waals surface area (Å²) < 4.78 is 5.10. The van der Waals surface area contributed by atoms with Gasteiger partial charge in [0, 0.05) is 10.9 Å². The molecule has 0 aliphatic heterocycles. The second-order valence-electron chi connectivity index (χ2n) is 3.97. The maximum Gasteiger partial charge on any atom is 0.254 e. The van der Waals surface area contributed by atoms with Crippen LogP contribution in [-0.4, -0.2) is 16.8 Å². The highest BCUT2D eigenvalue weighted by atomic mass is 79.9. The van der Waals surface area contributed by atoms with Crippen LogP contribution in [0, 0.1) is 6.92 Å². The largest absolute Gasteiger partial charge is 0.469 e. The molecule has 2 atom stereocenters. The van der Waals surface area contributed by atoms with Crippen LogP contribution >= 0.6 is 15.9 Å². The molecule has 4 heteroatoms. The molecule has 1 aromatic heterocycles. The molecule has 1 heterocycles. The normalized spacial score (nSPS) is 25.5. The van der Waals surface area contributed by atoms with Crippen LogP contribution in [0.1, 0.15) is 35.4 Å². The number of rotatable bonds is 2. The first kappa shape index (κ1) is 10.7. The molecule has 1 aromatic rings. The molecule has 0 radical (unpaired) electrons. The van der Waals surface area contributed by atoms with Crippen LogP contribution in [0.3, 0.4) is 0 Å². The lowest BCUT2D eigenvalue weighted by atomic mass is 10.2. The maximum atomic E-state index is 11.8. The Labute approximate surface area is 97.4 Å². The minimum atomic E-state index is -0.0387. The van der Waals surface area contributed by atoms with Gasteiger partial charge < -0.3 is 9.73 Å². The molecule has 1 N–H and O–H groups in total. The molecule has 0 saturated heterocycles. The minimum absolute atomic E-state index is 0.0387. The van der Waals surface area contributed by atoms with E-state index in [0.29, 0.717) is 10.4 Å². The molecule has 1 saturated carbocycles. The highest BCUT2D eigenvalue weighted by molar-refractivity contribution is 9.09. The van der Waals surface area contributed by atoms with Gasteiger partial charge in [-0.1, -0.05) is 22.4 Å². The second-order valence-corrected chi connectivity index (χ2v) is 5.15. The average Bonchev–Trinajstić information content (AvgIpc) is 2.77. The van der Waals surface area contributed by atoms with E-state index in [1.165, 1.54) is 12.7 Å². The number of furan rings is 1. The summed E-state index contributed by atoms with van der Waals surface area (Å²) >= 11 is 3.57. The molecule has 15 heavy (non-hydrogen) atoms. The third-order valence-electron chi connectivity index (χ3n) is 2.74. The van der Waals surface area contributed by atoms with Crippen molar-refractivity contribution in [2.24, 2.45) is 0 Å². The Hall–Kier alpha value is -0.770. The third-order valence-corrected chi connectivity index (χ3v) is 3.84. The Bertz CT molecular complexity index is 361. The first-order valence-corrected chi connectivity index (χ1v) is 6.08. The van der Waals surface area contributed by atoms with Crippen molar-refractivity contribution < 1.29 is 9.21 Å². The zero-order valence-corrected chi connectivity index (χ0v) is 10.2. The predicted molar refractivity (Wildman–Crippen MR) is 61.3 cm³/mol. The molecule has 1 fully saturated rings. The van der Waals surface area contributed by atoms with E-state index < -0.39 is 0 Å². The van der Waals surface area contributed by atoms with Crippen molar-refractivity contribution in [3.8, 4) is 0 Å². The zero-order valence-electron chi connectivity index (χ0n) is 8.63. The van der Waals surface area contributed by atoms with E-state index in [-0.39, 0.29) is 11.9 Å². The van der Waals surface area contributed by atoms with Crippen molar-refractivity contribution in [3.63, 3.8) is 0 Å². The number of alkyl halides is 1. The summed E-state index contributed by atoms with van der Waals surface area (Å²) in [6, 6.07) is 2.01. The topological polar surface area (TPSA) is 42.2 Å². The van der Waals surface area contributed by atoms with Gasteiger partial charge in [-0.3, -0.25) is 4.79 Å². The van der Waals surface area contributed by atoms with Gasteiger partial charge in [-0.05, 0) is 25.8 Å². The number of nitrogens with one attached hydrogen (secondary N) is 1.